The van der Waals surface area contributed by atoms with Crippen LogP contribution in [0, 0.1) is 22.7 Å². The largest absolute Gasteiger partial charge is 0.416 e. The van der Waals surface area contributed by atoms with Crippen LogP contribution in [0.15, 0.2) is 58.6 Å². The van der Waals surface area contributed by atoms with E-state index in [1.165, 1.54) is 32.2 Å². The van der Waals surface area contributed by atoms with Crippen LogP contribution in [0.1, 0.15) is 29.7 Å². The summed E-state index contributed by atoms with van der Waals surface area (Å²) in [6.45, 7) is 1.37. The Morgan fingerprint density at radius 1 is 1.09 bits per heavy atom. The summed E-state index contributed by atoms with van der Waals surface area (Å²) in [4.78, 5) is 14.8. The SMILES string of the molecule is CC1=C(C#N)[C@@H](c2ccc(C#N)cc2S(N)(=O)=O)N(C)C(=O)N1c1cccc(C(F)(F)F)c1. The second kappa shape index (κ2) is 8.24. The van der Waals surface area contributed by atoms with Gasteiger partial charge in [-0.25, -0.2) is 18.4 Å². The van der Waals surface area contributed by atoms with Crippen LogP contribution in [0.25, 0.3) is 0 Å². The number of hydrogen-bond acceptors (Lipinski definition) is 5. The van der Waals surface area contributed by atoms with Crippen LogP contribution in [-0.2, 0) is 16.2 Å². The van der Waals surface area contributed by atoms with Gasteiger partial charge >= 0.3 is 12.2 Å². The molecule has 8 nitrogen and oxygen atoms in total. The number of anilines is 1. The summed E-state index contributed by atoms with van der Waals surface area (Å²) in [6, 6.07) is 9.40. The molecule has 2 amide bonds. The minimum absolute atomic E-state index is 0.00244. The molecule has 0 aromatic heterocycles. The van der Waals surface area contributed by atoms with E-state index in [1.807, 2.05) is 6.07 Å². The summed E-state index contributed by atoms with van der Waals surface area (Å²) in [5, 5.41) is 24.3. The van der Waals surface area contributed by atoms with Gasteiger partial charge in [-0.3, -0.25) is 4.90 Å². The molecule has 2 N–H and O–H groups in total. The highest BCUT2D eigenvalue weighted by atomic mass is 32.2. The average Bonchev–Trinajstić information content (AvgIpc) is 2.75. The fourth-order valence-corrected chi connectivity index (χ4v) is 4.43. The fourth-order valence-electron chi connectivity index (χ4n) is 3.63. The van der Waals surface area contributed by atoms with E-state index < -0.39 is 38.7 Å². The maximum atomic E-state index is 13.2. The van der Waals surface area contributed by atoms with Crippen LogP contribution in [0.2, 0.25) is 0 Å². The lowest BCUT2D eigenvalue weighted by atomic mass is 9.93. The van der Waals surface area contributed by atoms with Gasteiger partial charge in [-0.1, -0.05) is 12.1 Å². The first-order valence-electron chi connectivity index (χ1n) is 9.23. The first-order valence-corrected chi connectivity index (χ1v) is 10.8. The number of halogens is 3. The molecule has 1 heterocycles. The highest BCUT2D eigenvalue weighted by molar-refractivity contribution is 7.89. The van der Waals surface area contributed by atoms with Gasteiger partial charge in [-0.15, -0.1) is 0 Å². The van der Waals surface area contributed by atoms with E-state index in [0.29, 0.717) is 0 Å². The molecule has 0 saturated heterocycles. The molecule has 1 aliphatic heterocycles. The molecule has 0 fully saturated rings. The van der Waals surface area contributed by atoms with Crippen LogP contribution in [0.4, 0.5) is 23.7 Å². The summed E-state index contributed by atoms with van der Waals surface area (Å²) < 4.78 is 63.9. The monoisotopic (exact) mass is 475 g/mol. The Hall–Kier alpha value is -3.87. The molecule has 0 aliphatic carbocycles. The van der Waals surface area contributed by atoms with Gasteiger partial charge in [-0.05, 0) is 37.3 Å². The predicted molar refractivity (Wildman–Crippen MR) is 111 cm³/mol. The Morgan fingerprint density at radius 3 is 2.30 bits per heavy atom. The van der Waals surface area contributed by atoms with Crippen LogP contribution >= 0.6 is 0 Å². The molecule has 2 aromatic carbocycles. The molecule has 3 rings (SSSR count). The maximum Gasteiger partial charge on any atom is 0.416 e. The molecule has 0 unspecified atom stereocenters. The quantitative estimate of drug-likeness (QED) is 0.724. The zero-order chi connectivity index (χ0) is 24.7. The van der Waals surface area contributed by atoms with E-state index in [0.717, 1.165) is 34.1 Å². The number of carbonyl (C=O) groups excluding carboxylic acids is 1. The van der Waals surface area contributed by atoms with E-state index in [-0.39, 0.29) is 28.1 Å². The number of allylic oxidation sites excluding steroid dienone is 1. The molecule has 2 aromatic rings. The Bertz CT molecular complexity index is 1370. The van der Waals surface area contributed by atoms with Gasteiger partial charge in [0.2, 0.25) is 10.0 Å². The van der Waals surface area contributed by atoms with Gasteiger partial charge in [0.05, 0.1) is 45.5 Å². The fraction of sp³-hybridized carbons (Fsp3) is 0.190. The molecule has 1 aliphatic rings. The molecule has 0 saturated carbocycles. The lowest BCUT2D eigenvalue weighted by Crippen LogP contribution is -2.48. The minimum Gasteiger partial charge on any atom is -0.315 e. The third kappa shape index (κ3) is 4.26. The Labute approximate surface area is 187 Å². The zero-order valence-electron chi connectivity index (χ0n) is 17.3. The maximum absolute atomic E-state index is 13.2. The molecule has 170 valence electrons. The number of nitrogens with two attached hydrogens (primary N) is 1. The number of rotatable bonds is 3. The van der Waals surface area contributed by atoms with Crippen molar-refractivity contribution in [2.24, 2.45) is 5.14 Å². The van der Waals surface area contributed by atoms with Gasteiger partial charge in [0.1, 0.15) is 0 Å². The summed E-state index contributed by atoms with van der Waals surface area (Å²) in [6.07, 6.45) is -4.65. The Kier molecular flexibility index (Phi) is 5.94. The standard InChI is InChI=1S/C21H16F3N5O3S/c1-12-17(11-26)19(16-7-6-13(10-25)8-18(16)33(27,31)32)28(2)20(30)29(12)15-5-3-4-14(9-15)21(22,23)24/h3-9,19H,1-2H3,(H2,27,31,32)/t19-/m1/s1. The number of sulfonamides is 1. The number of benzene rings is 2. The molecule has 33 heavy (non-hydrogen) atoms. The van der Waals surface area contributed by atoms with E-state index in [4.69, 9.17) is 10.4 Å². The van der Waals surface area contributed by atoms with Crippen molar-refractivity contribution in [2.75, 3.05) is 11.9 Å². The van der Waals surface area contributed by atoms with Crippen molar-refractivity contribution in [3.05, 3.63) is 70.4 Å². The van der Waals surface area contributed by atoms with Crippen molar-refractivity contribution in [3.8, 4) is 12.1 Å². The summed E-state index contributed by atoms with van der Waals surface area (Å²) in [5.41, 5.74) is -1.17. The Balaban J connectivity index is 2.25. The molecule has 0 spiro atoms. The second-order valence-electron chi connectivity index (χ2n) is 7.20. The normalized spacial score (nSPS) is 17.1. The molecular formula is C21H16F3N5O3S. The van der Waals surface area contributed by atoms with Gasteiger partial charge in [0.15, 0.2) is 0 Å². The van der Waals surface area contributed by atoms with Gasteiger partial charge in [-0.2, -0.15) is 23.7 Å². The molecule has 1 atom stereocenters. The van der Waals surface area contributed by atoms with Crippen molar-refractivity contribution in [1.82, 2.24) is 4.90 Å². The number of alkyl halides is 3. The number of nitriles is 2. The highest BCUT2D eigenvalue weighted by Gasteiger charge is 2.40. The first-order chi connectivity index (χ1) is 15.3. The van der Waals surface area contributed by atoms with Crippen LogP contribution in [0.5, 0.6) is 0 Å². The van der Waals surface area contributed by atoms with Crippen molar-refractivity contribution >= 4 is 21.7 Å². The predicted octanol–water partition coefficient (Wildman–Crippen LogP) is 3.64. The Morgan fingerprint density at radius 2 is 1.76 bits per heavy atom. The number of urea groups is 1. The third-order valence-electron chi connectivity index (χ3n) is 5.17. The van der Waals surface area contributed by atoms with Crippen molar-refractivity contribution in [1.29, 1.82) is 10.5 Å². The van der Waals surface area contributed by atoms with Crippen LogP contribution < -0.4 is 10.0 Å². The number of carbonyl (C=O) groups is 1. The average molecular weight is 475 g/mol. The molecular weight excluding hydrogens is 459 g/mol. The topological polar surface area (TPSA) is 131 Å². The number of hydrogen-bond donors (Lipinski definition) is 1. The van der Waals surface area contributed by atoms with E-state index >= 15 is 0 Å². The van der Waals surface area contributed by atoms with Crippen LogP contribution in [0.3, 0.4) is 0 Å². The lowest BCUT2D eigenvalue weighted by Gasteiger charge is -2.40. The number of primary sulfonamides is 1. The summed E-state index contributed by atoms with van der Waals surface area (Å²) in [7, 11) is -3.07. The minimum atomic E-state index is -4.65. The zero-order valence-corrected chi connectivity index (χ0v) is 18.1. The van der Waals surface area contributed by atoms with Crippen molar-refractivity contribution in [2.45, 2.75) is 24.0 Å². The highest BCUT2D eigenvalue weighted by Crippen LogP contribution is 2.41. The molecule has 12 heteroatoms. The van der Waals surface area contributed by atoms with E-state index in [2.05, 4.69) is 0 Å². The van der Waals surface area contributed by atoms with Crippen molar-refractivity contribution in [3.63, 3.8) is 0 Å². The first kappa shape index (κ1) is 23.8. The second-order valence-corrected chi connectivity index (χ2v) is 8.73. The molecule has 0 bridgehead atoms. The lowest BCUT2D eigenvalue weighted by molar-refractivity contribution is -0.137. The van der Waals surface area contributed by atoms with Crippen LogP contribution in [-0.4, -0.2) is 26.4 Å². The number of likely N-dealkylation sites (N-methyl/N-ethyl adjacent to an activating group) is 1. The van der Waals surface area contributed by atoms with E-state index in [1.54, 1.807) is 6.07 Å². The van der Waals surface area contributed by atoms with E-state index in [9.17, 15) is 31.6 Å². The van der Waals surface area contributed by atoms with Gasteiger partial charge < -0.3 is 4.90 Å². The summed E-state index contributed by atoms with van der Waals surface area (Å²) in [5.74, 6) is 0. The smallest absolute Gasteiger partial charge is 0.315 e. The van der Waals surface area contributed by atoms with Gasteiger partial charge in [0, 0.05) is 18.3 Å². The number of nitrogens with zero attached hydrogens (tertiary/aromatic N) is 4. The van der Waals surface area contributed by atoms with Gasteiger partial charge in [0.25, 0.3) is 0 Å². The van der Waals surface area contributed by atoms with Crippen molar-refractivity contribution < 1.29 is 26.4 Å². The third-order valence-corrected chi connectivity index (χ3v) is 6.14. The molecule has 0 radical (unpaired) electrons. The summed E-state index contributed by atoms with van der Waals surface area (Å²) >= 11 is 0. The number of amides is 2.